The molecule has 1 aliphatic heterocycles. The van der Waals surface area contributed by atoms with E-state index in [0.29, 0.717) is 5.56 Å². The fraction of sp³-hybridized carbons (Fsp3) is 0.364. The predicted octanol–water partition coefficient (Wildman–Crippen LogP) is 3.35. The van der Waals surface area contributed by atoms with Gasteiger partial charge in [-0.25, -0.2) is 0 Å². The van der Waals surface area contributed by atoms with Gasteiger partial charge in [0.05, 0.1) is 0 Å². The Bertz CT molecular complexity index is 517. The van der Waals surface area contributed by atoms with Crippen molar-refractivity contribution < 1.29 is 27.1 Å². The maximum absolute atomic E-state index is 12.8. The van der Waals surface area contributed by atoms with E-state index in [9.17, 15) is 22.4 Å². The molecule has 0 aliphatic carbocycles. The summed E-state index contributed by atoms with van der Waals surface area (Å²) in [7, 11) is 0. The fourth-order valence-corrected chi connectivity index (χ4v) is 2.80. The lowest BCUT2D eigenvalue weighted by molar-refractivity contribution is -0.253. The molecular weight excluding hydrogens is 322 g/mol. The van der Waals surface area contributed by atoms with Crippen molar-refractivity contribution in [2.45, 2.75) is 22.6 Å². The molecule has 0 bridgehead atoms. The number of hydrogen-bond acceptors (Lipinski definition) is 3. The minimum Gasteiger partial charge on any atom is -0.428 e. The Hall–Kier alpha value is -1.15. The topological polar surface area (TPSA) is 38.3 Å². The summed E-state index contributed by atoms with van der Waals surface area (Å²) in [4.78, 5) is 11.2. The number of carbonyl (C=O) groups is 1. The Morgan fingerprint density at radius 2 is 2.10 bits per heavy atom. The molecule has 1 amide bonds. The van der Waals surface area contributed by atoms with Crippen LogP contribution in [-0.4, -0.2) is 23.2 Å². The summed E-state index contributed by atoms with van der Waals surface area (Å²) >= 11 is 6.77. The van der Waals surface area contributed by atoms with Crippen molar-refractivity contribution in [2.24, 2.45) is 0 Å². The molecule has 1 aliphatic rings. The highest BCUT2D eigenvalue weighted by Crippen LogP contribution is 2.39. The van der Waals surface area contributed by atoms with E-state index in [-0.39, 0.29) is 0 Å². The number of nitrogens with one attached hydrogen (secondary N) is 1. The second-order valence-electron chi connectivity index (χ2n) is 3.88. The van der Waals surface area contributed by atoms with E-state index >= 15 is 0 Å². The first kappa shape index (κ1) is 15.2. The van der Waals surface area contributed by atoms with Crippen molar-refractivity contribution in [1.29, 1.82) is 0 Å². The molecule has 110 valence electrons. The van der Waals surface area contributed by atoms with E-state index < -0.39 is 34.3 Å². The van der Waals surface area contributed by atoms with E-state index in [1.54, 1.807) is 6.07 Å². The number of amides is 1. The van der Waals surface area contributed by atoms with Crippen LogP contribution in [0.1, 0.15) is 10.9 Å². The number of carbonyl (C=O) groups excluding carboxylic acids is 1. The van der Waals surface area contributed by atoms with Crippen LogP contribution < -0.4 is 10.1 Å². The van der Waals surface area contributed by atoms with Gasteiger partial charge in [-0.05, 0) is 17.7 Å². The number of benzene rings is 1. The third-order valence-corrected chi connectivity index (χ3v) is 4.03. The van der Waals surface area contributed by atoms with Crippen molar-refractivity contribution >= 4 is 29.3 Å². The normalized spacial score (nSPS) is 23.0. The summed E-state index contributed by atoms with van der Waals surface area (Å²) in [6.45, 7) is 0. The van der Waals surface area contributed by atoms with Gasteiger partial charge in [-0.2, -0.15) is 17.6 Å². The van der Waals surface area contributed by atoms with E-state index in [0.717, 1.165) is 23.9 Å². The molecule has 0 spiro atoms. The summed E-state index contributed by atoms with van der Waals surface area (Å²) in [5, 5.41) is 2.00. The zero-order valence-electron chi connectivity index (χ0n) is 9.66. The molecule has 0 aromatic heterocycles. The van der Waals surface area contributed by atoms with Gasteiger partial charge >= 0.3 is 12.5 Å². The number of halogens is 5. The maximum atomic E-state index is 12.8. The van der Waals surface area contributed by atoms with Gasteiger partial charge in [-0.1, -0.05) is 12.1 Å². The van der Waals surface area contributed by atoms with E-state index in [2.05, 4.69) is 10.1 Å². The fourth-order valence-electron chi connectivity index (χ4n) is 1.51. The number of hydrogen-bond donors (Lipinski definition) is 1. The molecule has 20 heavy (non-hydrogen) atoms. The first-order valence-corrected chi connectivity index (χ1v) is 6.72. The van der Waals surface area contributed by atoms with Crippen LogP contribution in [0.25, 0.3) is 0 Å². The van der Waals surface area contributed by atoms with E-state index in [4.69, 9.17) is 11.6 Å². The van der Waals surface area contributed by atoms with Crippen LogP contribution in [0.15, 0.2) is 24.3 Å². The number of ether oxygens (including phenoxy) is 1. The molecule has 2 atom stereocenters. The van der Waals surface area contributed by atoms with Crippen molar-refractivity contribution in [2.75, 3.05) is 0 Å². The van der Waals surface area contributed by atoms with Gasteiger partial charge in [0.25, 0.3) is 0 Å². The molecule has 9 heteroatoms. The molecule has 1 N–H and O–H groups in total. The standard InChI is InChI=1S/C11H8ClF4NO2S/c12-7-8(18)17-9(20-7)5-2-1-3-6(4-5)19-11(15,16)10(13)14/h1-4,7,9-10H,(H,17,18). The summed E-state index contributed by atoms with van der Waals surface area (Å²) in [5.41, 5.74) is 0.425. The van der Waals surface area contributed by atoms with Gasteiger partial charge in [0, 0.05) is 0 Å². The zero-order chi connectivity index (χ0) is 14.9. The molecule has 1 fully saturated rings. The van der Waals surface area contributed by atoms with Gasteiger partial charge in [0.2, 0.25) is 5.91 Å². The molecular formula is C11H8ClF4NO2S. The van der Waals surface area contributed by atoms with Gasteiger partial charge in [-0.15, -0.1) is 23.4 Å². The van der Waals surface area contributed by atoms with Crippen LogP contribution in [0.4, 0.5) is 17.6 Å². The van der Waals surface area contributed by atoms with Gasteiger partial charge in [0.15, 0.2) is 4.71 Å². The van der Waals surface area contributed by atoms with Crippen LogP contribution >= 0.6 is 23.4 Å². The van der Waals surface area contributed by atoms with Crippen molar-refractivity contribution in [1.82, 2.24) is 5.32 Å². The molecule has 1 saturated heterocycles. The highest BCUT2D eigenvalue weighted by Gasteiger charge is 2.44. The van der Waals surface area contributed by atoms with Crippen LogP contribution in [0.2, 0.25) is 0 Å². The number of thioether (sulfide) groups is 1. The van der Waals surface area contributed by atoms with Gasteiger partial charge in [-0.3, -0.25) is 4.79 Å². The van der Waals surface area contributed by atoms with E-state index in [1.165, 1.54) is 6.07 Å². The summed E-state index contributed by atoms with van der Waals surface area (Å²) in [6, 6.07) is 5.18. The Morgan fingerprint density at radius 1 is 1.40 bits per heavy atom. The third kappa shape index (κ3) is 3.29. The molecule has 1 aromatic carbocycles. The summed E-state index contributed by atoms with van der Waals surface area (Å²) in [6.07, 6.45) is -8.50. The largest absolute Gasteiger partial charge is 0.461 e. The predicted molar refractivity (Wildman–Crippen MR) is 66.1 cm³/mol. The van der Waals surface area contributed by atoms with Crippen molar-refractivity contribution in [3.05, 3.63) is 29.8 Å². The Morgan fingerprint density at radius 3 is 2.65 bits per heavy atom. The maximum Gasteiger partial charge on any atom is 0.461 e. The highest BCUT2D eigenvalue weighted by atomic mass is 35.5. The van der Waals surface area contributed by atoms with Crippen molar-refractivity contribution in [3.8, 4) is 5.75 Å². The Kier molecular flexibility index (Phi) is 4.33. The second kappa shape index (κ2) is 5.69. The third-order valence-electron chi connectivity index (χ3n) is 2.40. The molecule has 0 radical (unpaired) electrons. The first-order chi connectivity index (χ1) is 9.29. The first-order valence-electron chi connectivity index (χ1n) is 5.34. The minimum atomic E-state index is -4.57. The molecule has 1 heterocycles. The Labute approximate surface area is 120 Å². The van der Waals surface area contributed by atoms with Crippen LogP contribution in [0.3, 0.4) is 0 Å². The summed E-state index contributed by atoms with van der Waals surface area (Å²) < 4.78 is 52.9. The molecule has 1 aromatic rings. The lowest BCUT2D eigenvalue weighted by Gasteiger charge is -2.18. The van der Waals surface area contributed by atoms with Gasteiger partial charge < -0.3 is 10.1 Å². The number of rotatable bonds is 4. The van der Waals surface area contributed by atoms with Gasteiger partial charge in [0.1, 0.15) is 11.1 Å². The number of alkyl halides is 5. The van der Waals surface area contributed by atoms with Crippen LogP contribution in [-0.2, 0) is 4.79 Å². The monoisotopic (exact) mass is 329 g/mol. The lowest BCUT2D eigenvalue weighted by Crippen LogP contribution is -2.33. The molecule has 2 rings (SSSR count). The van der Waals surface area contributed by atoms with E-state index in [1.807, 2.05) is 0 Å². The SMILES string of the molecule is O=C1NC(c2cccc(OC(F)(F)C(F)F)c2)SC1Cl. The highest BCUT2D eigenvalue weighted by molar-refractivity contribution is 8.02. The molecule has 3 nitrogen and oxygen atoms in total. The summed E-state index contributed by atoms with van der Waals surface area (Å²) in [5.74, 6) is -0.813. The smallest absolute Gasteiger partial charge is 0.428 e. The molecule has 0 saturated carbocycles. The quantitative estimate of drug-likeness (QED) is 0.680. The minimum absolute atomic E-state index is 0.397. The average Bonchev–Trinajstić information content (AvgIpc) is 2.69. The van der Waals surface area contributed by atoms with Crippen molar-refractivity contribution in [3.63, 3.8) is 0 Å². The second-order valence-corrected chi connectivity index (χ2v) is 5.79. The van der Waals surface area contributed by atoms with Crippen LogP contribution in [0, 0.1) is 0 Å². The Balaban J connectivity index is 2.15. The molecule has 2 unspecified atom stereocenters. The van der Waals surface area contributed by atoms with Crippen LogP contribution in [0.5, 0.6) is 5.75 Å². The zero-order valence-corrected chi connectivity index (χ0v) is 11.2. The lowest BCUT2D eigenvalue weighted by atomic mass is 10.2. The average molecular weight is 330 g/mol.